The van der Waals surface area contributed by atoms with Crippen LogP contribution >= 0.6 is 0 Å². The van der Waals surface area contributed by atoms with Crippen molar-refractivity contribution < 1.29 is 9.90 Å². The molecule has 5 heteroatoms. The van der Waals surface area contributed by atoms with Gasteiger partial charge in [0, 0.05) is 16.6 Å². The third-order valence-corrected chi connectivity index (χ3v) is 3.73. The Morgan fingerprint density at radius 3 is 2.62 bits per heavy atom. The zero-order chi connectivity index (χ0) is 16.9. The number of primary amides is 1. The zero-order valence-electron chi connectivity index (χ0n) is 12.9. The number of para-hydroxylation sites is 2. The summed E-state index contributed by atoms with van der Waals surface area (Å²) in [7, 11) is 0. The zero-order valence-corrected chi connectivity index (χ0v) is 12.9. The van der Waals surface area contributed by atoms with E-state index in [0.717, 1.165) is 22.9 Å². The van der Waals surface area contributed by atoms with Crippen LogP contribution in [0.4, 0.5) is 5.69 Å². The van der Waals surface area contributed by atoms with Gasteiger partial charge in [-0.3, -0.25) is 9.78 Å². The molecule has 0 aliphatic rings. The van der Waals surface area contributed by atoms with E-state index in [1.54, 1.807) is 12.1 Å². The fraction of sp³-hybridized carbons (Fsp3) is 0.0526. The summed E-state index contributed by atoms with van der Waals surface area (Å²) in [6.07, 6.45) is 0.733. The van der Waals surface area contributed by atoms with Gasteiger partial charge in [0.05, 0.1) is 29.6 Å². The van der Waals surface area contributed by atoms with E-state index in [0.29, 0.717) is 17.8 Å². The normalized spacial score (nSPS) is 11.4. The van der Waals surface area contributed by atoms with Gasteiger partial charge in [0.15, 0.2) is 0 Å². The van der Waals surface area contributed by atoms with Gasteiger partial charge in [-0.05, 0) is 18.2 Å². The van der Waals surface area contributed by atoms with Crippen molar-refractivity contribution in [3.8, 4) is 0 Å². The summed E-state index contributed by atoms with van der Waals surface area (Å²) in [6, 6.07) is 19.1. The fourth-order valence-electron chi connectivity index (χ4n) is 2.53. The Hall–Kier alpha value is -3.34. The average Bonchev–Trinajstić information content (AvgIpc) is 2.61. The SMILES string of the molecule is NC(=O)/C(=C\O)c1ccccc1NCc1ccc2ccccc2n1. The molecule has 2 aromatic carbocycles. The first-order valence-electron chi connectivity index (χ1n) is 7.51. The molecule has 1 amide bonds. The van der Waals surface area contributed by atoms with E-state index in [1.807, 2.05) is 48.5 Å². The second-order valence-electron chi connectivity index (χ2n) is 5.30. The van der Waals surface area contributed by atoms with E-state index < -0.39 is 5.91 Å². The molecule has 0 aliphatic carbocycles. The Bertz CT molecular complexity index is 919. The molecule has 24 heavy (non-hydrogen) atoms. The average molecular weight is 319 g/mol. The van der Waals surface area contributed by atoms with Crippen LogP contribution in [0.15, 0.2) is 66.9 Å². The third-order valence-electron chi connectivity index (χ3n) is 3.73. The van der Waals surface area contributed by atoms with E-state index in [4.69, 9.17) is 5.73 Å². The van der Waals surface area contributed by atoms with Crippen molar-refractivity contribution in [3.63, 3.8) is 0 Å². The van der Waals surface area contributed by atoms with Crippen molar-refractivity contribution in [2.45, 2.75) is 6.54 Å². The van der Waals surface area contributed by atoms with Gasteiger partial charge in [-0.1, -0.05) is 42.5 Å². The minimum atomic E-state index is -0.685. The summed E-state index contributed by atoms with van der Waals surface area (Å²) in [6.45, 7) is 0.485. The number of amides is 1. The van der Waals surface area contributed by atoms with Crippen LogP contribution < -0.4 is 11.1 Å². The van der Waals surface area contributed by atoms with E-state index >= 15 is 0 Å². The number of fused-ring (bicyclic) bond motifs is 1. The maximum Gasteiger partial charge on any atom is 0.252 e. The maximum absolute atomic E-state index is 11.5. The van der Waals surface area contributed by atoms with Gasteiger partial charge in [0.1, 0.15) is 0 Å². The molecule has 120 valence electrons. The van der Waals surface area contributed by atoms with Crippen LogP contribution in [0.1, 0.15) is 11.3 Å². The topological polar surface area (TPSA) is 88.2 Å². The van der Waals surface area contributed by atoms with Crippen molar-refractivity contribution in [2.24, 2.45) is 5.73 Å². The molecule has 0 fully saturated rings. The molecule has 0 aliphatic heterocycles. The number of hydrogen-bond acceptors (Lipinski definition) is 4. The van der Waals surface area contributed by atoms with Gasteiger partial charge in [-0.25, -0.2) is 0 Å². The van der Waals surface area contributed by atoms with Crippen LogP contribution in [0.2, 0.25) is 0 Å². The van der Waals surface area contributed by atoms with Crippen LogP contribution in [0.3, 0.4) is 0 Å². The molecule has 1 aromatic heterocycles. The minimum absolute atomic E-state index is 0.0598. The molecule has 0 spiro atoms. The lowest BCUT2D eigenvalue weighted by Gasteiger charge is -2.12. The molecule has 0 unspecified atom stereocenters. The van der Waals surface area contributed by atoms with Crippen LogP contribution in [-0.2, 0) is 11.3 Å². The van der Waals surface area contributed by atoms with Crippen LogP contribution in [-0.4, -0.2) is 16.0 Å². The summed E-state index contributed by atoms with van der Waals surface area (Å²) >= 11 is 0. The van der Waals surface area contributed by atoms with E-state index in [9.17, 15) is 9.90 Å². The number of carbonyl (C=O) groups is 1. The smallest absolute Gasteiger partial charge is 0.252 e. The van der Waals surface area contributed by atoms with Crippen molar-refractivity contribution in [3.05, 3.63) is 78.2 Å². The lowest BCUT2D eigenvalue weighted by atomic mass is 10.0. The molecule has 1 heterocycles. The van der Waals surface area contributed by atoms with Gasteiger partial charge < -0.3 is 16.2 Å². The van der Waals surface area contributed by atoms with Crippen LogP contribution in [0, 0.1) is 0 Å². The first kappa shape index (κ1) is 15.6. The molecule has 3 rings (SSSR count). The number of nitrogens with zero attached hydrogens (tertiary/aromatic N) is 1. The number of hydrogen-bond donors (Lipinski definition) is 3. The van der Waals surface area contributed by atoms with E-state index in [2.05, 4.69) is 10.3 Å². The summed E-state index contributed by atoms with van der Waals surface area (Å²) in [5.74, 6) is -0.685. The fourth-order valence-corrected chi connectivity index (χ4v) is 2.53. The standard InChI is InChI=1S/C19H17N3O2/c20-19(24)16(12-23)15-6-2-4-8-18(15)21-11-14-10-9-13-5-1-3-7-17(13)22-14/h1-10,12,21,23H,11H2,(H2,20,24)/b16-12-. The molecule has 0 saturated carbocycles. The number of aliphatic hydroxyl groups excluding tert-OH is 1. The Balaban J connectivity index is 1.85. The highest BCUT2D eigenvalue weighted by molar-refractivity contribution is 6.19. The number of aromatic nitrogens is 1. The molecular weight excluding hydrogens is 302 g/mol. The van der Waals surface area contributed by atoms with Crippen LogP contribution in [0.5, 0.6) is 0 Å². The number of benzene rings is 2. The molecule has 0 radical (unpaired) electrons. The Kier molecular flexibility index (Phi) is 4.43. The highest BCUT2D eigenvalue weighted by Gasteiger charge is 2.12. The Morgan fingerprint density at radius 2 is 1.83 bits per heavy atom. The summed E-state index contributed by atoms with van der Waals surface area (Å²) in [5, 5.41) is 13.6. The molecule has 3 aromatic rings. The highest BCUT2D eigenvalue weighted by Crippen LogP contribution is 2.24. The van der Waals surface area contributed by atoms with Gasteiger partial charge in [0.25, 0.3) is 5.91 Å². The Morgan fingerprint density at radius 1 is 1.08 bits per heavy atom. The van der Waals surface area contributed by atoms with Gasteiger partial charge in [-0.2, -0.15) is 0 Å². The van der Waals surface area contributed by atoms with Crippen molar-refractivity contribution in [1.29, 1.82) is 0 Å². The Labute approximate surface area is 139 Å². The van der Waals surface area contributed by atoms with Crippen molar-refractivity contribution >= 4 is 28.1 Å². The predicted molar refractivity (Wildman–Crippen MR) is 95.3 cm³/mol. The van der Waals surface area contributed by atoms with Gasteiger partial charge in [0.2, 0.25) is 0 Å². The second kappa shape index (κ2) is 6.83. The summed E-state index contributed by atoms with van der Waals surface area (Å²) in [5.41, 5.74) is 8.42. The molecule has 0 saturated heterocycles. The number of anilines is 1. The van der Waals surface area contributed by atoms with Crippen molar-refractivity contribution in [1.82, 2.24) is 4.98 Å². The summed E-state index contributed by atoms with van der Waals surface area (Å²) in [4.78, 5) is 16.1. The molecule has 5 nitrogen and oxygen atoms in total. The number of carbonyl (C=O) groups excluding carboxylic acids is 1. The second-order valence-corrected chi connectivity index (χ2v) is 5.30. The molecular formula is C19H17N3O2. The number of nitrogens with one attached hydrogen (secondary N) is 1. The van der Waals surface area contributed by atoms with Crippen molar-refractivity contribution in [2.75, 3.05) is 5.32 Å². The summed E-state index contributed by atoms with van der Waals surface area (Å²) < 4.78 is 0. The third kappa shape index (κ3) is 3.20. The van der Waals surface area contributed by atoms with Crippen LogP contribution in [0.25, 0.3) is 16.5 Å². The minimum Gasteiger partial charge on any atom is -0.515 e. The highest BCUT2D eigenvalue weighted by atomic mass is 16.2. The largest absolute Gasteiger partial charge is 0.515 e. The molecule has 0 bridgehead atoms. The lowest BCUT2D eigenvalue weighted by molar-refractivity contribution is -0.112. The quantitative estimate of drug-likeness (QED) is 0.497. The van der Waals surface area contributed by atoms with Gasteiger partial charge in [-0.15, -0.1) is 0 Å². The number of rotatable bonds is 5. The number of aliphatic hydroxyl groups is 1. The molecule has 0 atom stereocenters. The first-order valence-corrected chi connectivity index (χ1v) is 7.51. The predicted octanol–water partition coefficient (Wildman–Crippen LogP) is 3.23. The number of nitrogens with two attached hydrogens (primary N) is 1. The molecule has 4 N–H and O–H groups in total. The lowest BCUT2D eigenvalue weighted by Crippen LogP contribution is -2.14. The van der Waals surface area contributed by atoms with Gasteiger partial charge >= 0.3 is 0 Å². The van der Waals surface area contributed by atoms with E-state index in [1.165, 1.54) is 0 Å². The maximum atomic E-state index is 11.5. The van der Waals surface area contributed by atoms with E-state index in [-0.39, 0.29) is 5.57 Å². The first-order chi connectivity index (χ1) is 11.7. The number of pyridine rings is 1. The monoisotopic (exact) mass is 319 g/mol.